The van der Waals surface area contributed by atoms with E-state index >= 15 is 0 Å². The summed E-state index contributed by atoms with van der Waals surface area (Å²) < 4.78 is 1.88. The highest BCUT2D eigenvalue weighted by molar-refractivity contribution is 5.97. The van der Waals surface area contributed by atoms with Gasteiger partial charge in [0.15, 0.2) is 5.78 Å². The van der Waals surface area contributed by atoms with E-state index in [1.54, 1.807) is 25.4 Å². The number of aliphatic hydroxyl groups is 1. The number of hydrogen-bond acceptors (Lipinski definition) is 3. The van der Waals surface area contributed by atoms with Crippen molar-refractivity contribution >= 4 is 16.8 Å². The van der Waals surface area contributed by atoms with Gasteiger partial charge in [0.05, 0.1) is 23.5 Å². The maximum absolute atomic E-state index is 11.2. The van der Waals surface area contributed by atoms with Gasteiger partial charge in [-0.15, -0.1) is 0 Å². The number of benzene rings is 1. The van der Waals surface area contributed by atoms with Crippen LogP contribution >= 0.6 is 0 Å². The molecule has 0 aliphatic carbocycles. The first-order valence-corrected chi connectivity index (χ1v) is 5.22. The van der Waals surface area contributed by atoms with E-state index in [1.165, 1.54) is 6.92 Å². The molecule has 0 spiro atoms. The molecule has 2 aromatic rings. The van der Waals surface area contributed by atoms with Crippen molar-refractivity contribution in [3.8, 4) is 0 Å². The van der Waals surface area contributed by atoms with Crippen LogP contribution in [0.3, 0.4) is 0 Å². The SMILES string of the molecule is CC(=O)c1ccc2c(c1)ncn2C[C@H](C)O. The van der Waals surface area contributed by atoms with E-state index in [0.717, 1.165) is 11.0 Å². The molecule has 0 bridgehead atoms. The van der Waals surface area contributed by atoms with Gasteiger partial charge in [-0.3, -0.25) is 4.79 Å². The lowest BCUT2D eigenvalue weighted by Crippen LogP contribution is -2.10. The third-order valence-corrected chi connectivity index (χ3v) is 2.49. The Balaban J connectivity index is 2.46. The molecule has 4 nitrogen and oxygen atoms in total. The number of carbonyl (C=O) groups excluding carboxylic acids is 1. The second-order valence-electron chi connectivity index (χ2n) is 4.01. The smallest absolute Gasteiger partial charge is 0.159 e. The molecule has 84 valence electrons. The third-order valence-electron chi connectivity index (χ3n) is 2.49. The van der Waals surface area contributed by atoms with Gasteiger partial charge in [0.25, 0.3) is 0 Å². The summed E-state index contributed by atoms with van der Waals surface area (Å²) in [5.74, 6) is 0.0342. The first-order chi connectivity index (χ1) is 7.58. The van der Waals surface area contributed by atoms with Crippen LogP contribution in [0.25, 0.3) is 11.0 Å². The van der Waals surface area contributed by atoms with Gasteiger partial charge in [-0.05, 0) is 32.0 Å². The average molecular weight is 218 g/mol. The number of fused-ring (bicyclic) bond motifs is 1. The summed E-state index contributed by atoms with van der Waals surface area (Å²) in [6, 6.07) is 5.42. The van der Waals surface area contributed by atoms with Crippen LogP contribution in [0.5, 0.6) is 0 Å². The largest absolute Gasteiger partial charge is 0.392 e. The van der Waals surface area contributed by atoms with Crippen molar-refractivity contribution in [2.75, 3.05) is 0 Å². The highest BCUT2D eigenvalue weighted by atomic mass is 16.3. The summed E-state index contributed by atoms with van der Waals surface area (Å²) in [4.78, 5) is 15.4. The van der Waals surface area contributed by atoms with E-state index < -0.39 is 6.10 Å². The van der Waals surface area contributed by atoms with Crippen molar-refractivity contribution in [3.05, 3.63) is 30.1 Å². The van der Waals surface area contributed by atoms with Crippen LogP contribution < -0.4 is 0 Å². The maximum Gasteiger partial charge on any atom is 0.159 e. The molecule has 4 heteroatoms. The molecule has 0 saturated heterocycles. The fourth-order valence-corrected chi connectivity index (χ4v) is 1.71. The van der Waals surface area contributed by atoms with Crippen molar-refractivity contribution in [3.63, 3.8) is 0 Å². The van der Waals surface area contributed by atoms with Crippen LogP contribution in [-0.4, -0.2) is 26.5 Å². The number of carbonyl (C=O) groups is 1. The number of imidazole rings is 1. The zero-order valence-electron chi connectivity index (χ0n) is 9.34. The van der Waals surface area contributed by atoms with Gasteiger partial charge in [-0.1, -0.05) is 0 Å². The number of hydrogen-bond donors (Lipinski definition) is 1. The summed E-state index contributed by atoms with van der Waals surface area (Å²) in [6.45, 7) is 3.78. The number of rotatable bonds is 3. The second kappa shape index (κ2) is 4.06. The van der Waals surface area contributed by atoms with Crippen molar-refractivity contribution in [1.29, 1.82) is 0 Å². The van der Waals surface area contributed by atoms with Gasteiger partial charge in [-0.25, -0.2) is 4.98 Å². The van der Waals surface area contributed by atoms with E-state index in [4.69, 9.17) is 0 Å². The number of nitrogens with zero attached hydrogens (tertiary/aromatic N) is 2. The predicted molar refractivity (Wildman–Crippen MR) is 61.4 cm³/mol. The molecule has 0 aliphatic heterocycles. The minimum Gasteiger partial charge on any atom is -0.392 e. The Hall–Kier alpha value is -1.68. The quantitative estimate of drug-likeness (QED) is 0.796. The molecule has 1 N–H and O–H groups in total. The fraction of sp³-hybridized carbons (Fsp3) is 0.333. The average Bonchev–Trinajstić information content (AvgIpc) is 2.60. The highest BCUT2D eigenvalue weighted by Crippen LogP contribution is 2.15. The van der Waals surface area contributed by atoms with Crippen molar-refractivity contribution in [2.24, 2.45) is 0 Å². The van der Waals surface area contributed by atoms with Crippen LogP contribution in [0.4, 0.5) is 0 Å². The zero-order chi connectivity index (χ0) is 11.7. The number of ketones is 1. The molecule has 1 aromatic heterocycles. The third kappa shape index (κ3) is 1.97. The Kier molecular flexibility index (Phi) is 2.75. The van der Waals surface area contributed by atoms with Gasteiger partial charge in [0.2, 0.25) is 0 Å². The molecular formula is C12H14N2O2. The highest BCUT2D eigenvalue weighted by Gasteiger charge is 2.07. The topological polar surface area (TPSA) is 55.1 Å². The van der Waals surface area contributed by atoms with Crippen LogP contribution in [0, 0.1) is 0 Å². The van der Waals surface area contributed by atoms with Crippen molar-refractivity contribution in [2.45, 2.75) is 26.5 Å². The Morgan fingerprint density at radius 3 is 2.94 bits per heavy atom. The molecule has 0 unspecified atom stereocenters. The standard InChI is InChI=1S/C12H14N2O2/c1-8(15)6-14-7-13-11-5-10(9(2)16)3-4-12(11)14/h3-5,7-8,15H,6H2,1-2H3/t8-/m0/s1. The Morgan fingerprint density at radius 2 is 2.31 bits per heavy atom. The van der Waals surface area contributed by atoms with Gasteiger partial charge < -0.3 is 9.67 Å². The number of aliphatic hydroxyl groups excluding tert-OH is 1. The molecule has 2 rings (SSSR count). The molecule has 0 aliphatic rings. The van der Waals surface area contributed by atoms with Crippen LogP contribution in [0.2, 0.25) is 0 Å². The molecule has 1 atom stereocenters. The summed E-state index contributed by atoms with van der Waals surface area (Å²) in [5.41, 5.74) is 2.38. The minimum atomic E-state index is -0.412. The summed E-state index contributed by atoms with van der Waals surface area (Å²) in [5, 5.41) is 9.32. The second-order valence-corrected chi connectivity index (χ2v) is 4.01. The number of Topliss-reactive ketones (excluding diaryl/α,β-unsaturated/α-hetero) is 1. The molecule has 1 heterocycles. The molecule has 0 amide bonds. The van der Waals surface area contributed by atoms with Gasteiger partial charge in [0.1, 0.15) is 0 Å². The molecule has 0 saturated carbocycles. The zero-order valence-corrected chi connectivity index (χ0v) is 9.34. The molecule has 16 heavy (non-hydrogen) atoms. The van der Waals surface area contributed by atoms with E-state index in [0.29, 0.717) is 12.1 Å². The summed E-state index contributed by atoms with van der Waals surface area (Å²) in [7, 11) is 0. The van der Waals surface area contributed by atoms with Crippen LogP contribution in [-0.2, 0) is 6.54 Å². The lowest BCUT2D eigenvalue weighted by atomic mass is 10.1. The Morgan fingerprint density at radius 1 is 1.56 bits per heavy atom. The maximum atomic E-state index is 11.2. The van der Waals surface area contributed by atoms with E-state index in [9.17, 15) is 9.90 Å². The lowest BCUT2D eigenvalue weighted by Gasteiger charge is -2.06. The first kappa shape index (κ1) is 10.8. The molecule has 0 radical (unpaired) electrons. The van der Waals surface area contributed by atoms with Crippen LogP contribution in [0.1, 0.15) is 24.2 Å². The monoisotopic (exact) mass is 218 g/mol. The van der Waals surface area contributed by atoms with Crippen molar-refractivity contribution in [1.82, 2.24) is 9.55 Å². The first-order valence-electron chi connectivity index (χ1n) is 5.22. The van der Waals surface area contributed by atoms with Gasteiger partial charge >= 0.3 is 0 Å². The number of aromatic nitrogens is 2. The van der Waals surface area contributed by atoms with E-state index in [-0.39, 0.29) is 5.78 Å². The van der Waals surface area contributed by atoms with Gasteiger partial charge in [-0.2, -0.15) is 0 Å². The van der Waals surface area contributed by atoms with Crippen LogP contribution in [0.15, 0.2) is 24.5 Å². The minimum absolute atomic E-state index is 0.0342. The van der Waals surface area contributed by atoms with Crippen molar-refractivity contribution < 1.29 is 9.90 Å². The summed E-state index contributed by atoms with van der Waals surface area (Å²) in [6.07, 6.45) is 1.27. The van der Waals surface area contributed by atoms with E-state index in [2.05, 4.69) is 4.98 Å². The molecular weight excluding hydrogens is 204 g/mol. The fourth-order valence-electron chi connectivity index (χ4n) is 1.71. The molecule has 0 fully saturated rings. The Labute approximate surface area is 93.5 Å². The molecule has 1 aromatic carbocycles. The normalized spacial score (nSPS) is 12.9. The lowest BCUT2D eigenvalue weighted by molar-refractivity contribution is 0.101. The predicted octanol–water partition coefficient (Wildman–Crippen LogP) is 1.62. The van der Waals surface area contributed by atoms with Gasteiger partial charge in [0, 0.05) is 12.1 Å². The Bertz CT molecular complexity index is 529. The van der Waals surface area contributed by atoms with E-state index in [1.807, 2.05) is 10.6 Å². The summed E-state index contributed by atoms with van der Waals surface area (Å²) >= 11 is 0.